The molecule has 4 N–H and O–H groups in total. The highest BCUT2D eigenvalue weighted by Crippen LogP contribution is 2.53. The van der Waals surface area contributed by atoms with Crippen LogP contribution in [0.5, 0.6) is 34.5 Å². The molecule has 0 bridgehead atoms. The molecule has 4 aliphatic rings. The molecule has 1 saturated carbocycles. The van der Waals surface area contributed by atoms with E-state index in [4.69, 9.17) is 12.6 Å². The maximum absolute atomic E-state index is 16.0. The molecule has 7 rings (SSSR count). The van der Waals surface area contributed by atoms with E-state index in [-0.39, 0.29) is 35.6 Å². The van der Waals surface area contributed by atoms with Gasteiger partial charge in [-0.1, -0.05) is 0 Å². The van der Waals surface area contributed by atoms with Crippen LogP contribution in [0.15, 0.2) is 24.5 Å². The summed E-state index contributed by atoms with van der Waals surface area (Å²) in [5, 5.41) is 41.3. The smallest absolute Gasteiger partial charge is 0.422 e. The van der Waals surface area contributed by atoms with E-state index < -0.39 is 82.2 Å². The number of nitrogens with zero attached hydrogens (tertiary/aromatic N) is 5. The summed E-state index contributed by atoms with van der Waals surface area (Å²) in [6.45, 7) is 1.75. The van der Waals surface area contributed by atoms with Crippen LogP contribution >= 0.6 is 0 Å². The largest absolute Gasteiger partial charge is 0.504 e. The SMILES string of the molecule is [B]c1c(O)c(O)c(Oc2ccc(/C=C(\F)c3cncc(N4CC(F)(F)C4)n3)c(N3CCCC4(CCN(CC5CC5)CC4)C3)c2C(F)(F)F)c(O)c1O. The number of hydrogen-bond donors (Lipinski definition) is 4. The average molecular weight is 732 g/mol. The van der Waals surface area contributed by atoms with Crippen LogP contribution in [0.2, 0.25) is 0 Å². The van der Waals surface area contributed by atoms with Crippen LogP contribution < -0.4 is 20.0 Å². The first-order valence-electron chi connectivity index (χ1n) is 17.0. The molecule has 2 radical (unpaired) electrons. The number of piperidine rings is 2. The zero-order valence-electron chi connectivity index (χ0n) is 27.9. The van der Waals surface area contributed by atoms with Crippen molar-refractivity contribution in [2.75, 3.05) is 55.6 Å². The number of rotatable bonds is 8. The average Bonchev–Trinajstić information content (AvgIpc) is 3.92. The zero-order valence-corrected chi connectivity index (χ0v) is 27.9. The van der Waals surface area contributed by atoms with Gasteiger partial charge in [0.1, 0.15) is 30.7 Å². The molecule has 52 heavy (non-hydrogen) atoms. The Labute approximate surface area is 296 Å². The third kappa shape index (κ3) is 6.98. The first-order chi connectivity index (χ1) is 24.5. The molecule has 2 aromatic carbocycles. The molecule has 4 fully saturated rings. The molecule has 1 aromatic heterocycles. The Morgan fingerprint density at radius 3 is 2.21 bits per heavy atom. The second kappa shape index (κ2) is 13.1. The Bertz CT molecular complexity index is 1860. The Kier molecular flexibility index (Phi) is 9.07. The van der Waals surface area contributed by atoms with Gasteiger partial charge in [-0.15, -0.1) is 0 Å². The predicted octanol–water partition coefficient (Wildman–Crippen LogP) is 5.92. The van der Waals surface area contributed by atoms with Gasteiger partial charge in [-0.2, -0.15) is 13.2 Å². The van der Waals surface area contributed by atoms with E-state index in [2.05, 4.69) is 14.9 Å². The number of likely N-dealkylation sites (tertiary alicyclic amines) is 1. The van der Waals surface area contributed by atoms with E-state index in [1.54, 1.807) is 4.90 Å². The van der Waals surface area contributed by atoms with Gasteiger partial charge in [0.2, 0.25) is 17.2 Å². The number of phenols is 4. The van der Waals surface area contributed by atoms with Gasteiger partial charge in [-0.05, 0) is 86.6 Å². The Balaban J connectivity index is 1.31. The highest BCUT2D eigenvalue weighted by atomic mass is 19.4. The van der Waals surface area contributed by atoms with Gasteiger partial charge in [0.15, 0.2) is 17.3 Å². The van der Waals surface area contributed by atoms with E-state index in [1.807, 2.05) is 0 Å². The number of hydrogen-bond acceptors (Lipinski definition) is 10. The molecule has 17 heteroatoms. The number of alkyl halides is 5. The summed E-state index contributed by atoms with van der Waals surface area (Å²) < 4.78 is 94.5. The quantitative estimate of drug-likeness (QED) is 0.0961. The van der Waals surface area contributed by atoms with Crippen molar-refractivity contribution >= 4 is 36.7 Å². The van der Waals surface area contributed by atoms with Crippen LogP contribution in [0, 0.1) is 11.3 Å². The maximum Gasteiger partial charge on any atom is 0.422 e. The molecule has 0 unspecified atom stereocenters. The van der Waals surface area contributed by atoms with Crippen LogP contribution in [0.4, 0.5) is 37.8 Å². The first-order valence-corrected chi connectivity index (χ1v) is 17.0. The predicted molar refractivity (Wildman–Crippen MR) is 180 cm³/mol. The monoisotopic (exact) mass is 731 g/mol. The van der Waals surface area contributed by atoms with Crippen LogP contribution in [-0.4, -0.2) is 94.9 Å². The van der Waals surface area contributed by atoms with Gasteiger partial charge in [-0.3, -0.25) is 4.98 Å². The molecule has 10 nitrogen and oxygen atoms in total. The lowest BCUT2D eigenvalue weighted by molar-refractivity contribution is -0.138. The summed E-state index contributed by atoms with van der Waals surface area (Å²) in [4.78, 5) is 13.2. The van der Waals surface area contributed by atoms with Crippen LogP contribution in [-0.2, 0) is 6.18 Å². The lowest BCUT2D eigenvalue weighted by Crippen LogP contribution is -2.56. The summed E-state index contributed by atoms with van der Waals surface area (Å²) in [6, 6.07) is 2.02. The molecule has 1 spiro atoms. The summed E-state index contributed by atoms with van der Waals surface area (Å²) in [5.41, 5.74) is -3.54. The molecule has 0 atom stereocenters. The van der Waals surface area contributed by atoms with E-state index in [1.165, 1.54) is 23.9 Å². The van der Waals surface area contributed by atoms with Crippen LogP contribution in [0.25, 0.3) is 11.9 Å². The number of phenolic OH excluding ortho intramolecular Hbond substituents is 4. The lowest BCUT2D eigenvalue weighted by Gasteiger charge is -2.49. The van der Waals surface area contributed by atoms with Crippen molar-refractivity contribution in [2.24, 2.45) is 11.3 Å². The minimum absolute atomic E-state index is 0.0208. The number of halogens is 6. The van der Waals surface area contributed by atoms with E-state index >= 15 is 17.6 Å². The number of anilines is 2. The van der Waals surface area contributed by atoms with Gasteiger partial charge in [-0.25, -0.2) is 18.2 Å². The highest BCUT2D eigenvalue weighted by Gasteiger charge is 2.46. The van der Waals surface area contributed by atoms with E-state index in [9.17, 15) is 29.2 Å². The minimum Gasteiger partial charge on any atom is -0.504 e. The second-order valence-electron chi connectivity index (χ2n) is 14.3. The molecule has 1 aliphatic carbocycles. The zero-order chi connectivity index (χ0) is 37.2. The minimum atomic E-state index is -5.16. The van der Waals surface area contributed by atoms with Crippen molar-refractivity contribution in [3.05, 3.63) is 41.3 Å². The summed E-state index contributed by atoms with van der Waals surface area (Å²) in [5.74, 6) is -10.0. The normalized spacial score (nSPS) is 20.6. The third-order valence-corrected chi connectivity index (χ3v) is 10.5. The van der Waals surface area contributed by atoms with E-state index in [0.717, 1.165) is 63.3 Å². The van der Waals surface area contributed by atoms with Crippen molar-refractivity contribution in [3.8, 4) is 34.5 Å². The Morgan fingerprint density at radius 1 is 0.923 bits per heavy atom. The fourth-order valence-electron chi connectivity index (χ4n) is 7.50. The Morgan fingerprint density at radius 2 is 1.60 bits per heavy atom. The van der Waals surface area contributed by atoms with E-state index in [0.29, 0.717) is 12.3 Å². The van der Waals surface area contributed by atoms with Crippen molar-refractivity contribution < 1.29 is 51.5 Å². The molecular weight excluding hydrogens is 695 g/mol. The molecule has 3 saturated heterocycles. The van der Waals surface area contributed by atoms with Gasteiger partial charge < -0.3 is 39.9 Å². The van der Waals surface area contributed by atoms with Crippen molar-refractivity contribution in [3.63, 3.8) is 0 Å². The first kappa shape index (κ1) is 35.8. The van der Waals surface area contributed by atoms with Crippen molar-refractivity contribution in [2.45, 2.75) is 50.6 Å². The summed E-state index contributed by atoms with van der Waals surface area (Å²) >= 11 is 0. The fraction of sp³-hybridized carbons (Fsp3) is 0.486. The molecule has 3 aromatic rings. The molecule has 3 aliphatic heterocycles. The summed E-state index contributed by atoms with van der Waals surface area (Å²) in [7, 11) is 5.48. The van der Waals surface area contributed by atoms with Crippen molar-refractivity contribution in [1.29, 1.82) is 0 Å². The van der Waals surface area contributed by atoms with Gasteiger partial charge in [0, 0.05) is 25.2 Å². The van der Waals surface area contributed by atoms with Crippen LogP contribution in [0.3, 0.4) is 0 Å². The number of benzene rings is 2. The summed E-state index contributed by atoms with van der Waals surface area (Å²) in [6.07, 6.45) is 3.20. The molecule has 4 heterocycles. The topological polar surface area (TPSA) is 126 Å². The lowest BCUT2D eigenvalue weighted by atomic mass is 9.72. The molecular formula is C35H36BF6N5O5. The maximum atomic E-state index is 16.0. The molecule has 276 valence electrons. The van der Waals surface area contributed by atoms with Gasteiger partial charge in [0.25, 0.3) is 5.92 Å². The number of aromatic nitrogens is 2. The highest BCUT2D eigenvalue weighted by molar-refractivity contribution is 6.37. The fourth-order valence-corrected chi connectivity index (χ4v) is 7.50. The number of aromatic hydroxyl groups is 4. The third-order valence-electron chi connectivity index (χ3n) is 10.5. The second-order valence-corrected chi connectivity index (χ2v) is 14.3. The Hall–Kier alpha value is -4.54. The van der Waals surface area contributed by atoms with Crippen molar-refractivity contribution in [1.82, 2.24) is 14.9 Å². The number of ether oxygens (including phenoxy) is 1. The van der Waals surface area contributed by atoms with Gasteiger partial charge >= 0.3 is 6.18 Å². The molecule has 0 amide bonds. The van der Waals surface area contributed by atoms with Crippen LogP contribution in [0.1, 0.15) is 55.3 Å². The van der Waals surface area contributed by atoms with Gasteiger partial charge in [0.05, 0.1) is 31.2 Å². The standard InChI is InChI=1S/C35H36BF6N5O5/c36-26-28(48)30(50)32(31(51)29(26)49)52-23-5-4-20(12-21(37)22-13-43-14-24(44-22)47-17-34(38,39)18-47)27(25(23)35(40,41)42)46-9-1-6-33(16-46)7-10-45(11-8-33)15-19-2-3-19/h4-5,12-14,19,48-51H,1-3,6-11,15-18H2/b21-12-.